The van der Waals surface area contributed by atoms with Crippen molar-refractivity contribution in [3.05, 3.63) is 11.9 Å². The molecule has 0 aromatic carbocycles. The molecule has 18 heavy (non-hydrogen) atoms. The average molecular weight is 272 g/mol. The highest BCUT2D eigenvalue weighted by Crippen LogP contribution is 2.28. The van der Waals surface area contributed by atoms with Crippen molar-refractivity contribution >= 4 is 10.0 Å². The van der Waals surface area contributed by atoms with Crippen LogP contribution in [0, 0.1) is 5.92 Å². The molecule has 1 aliphatic carbocycles. The summed E-state index contributed by atoms with van der Waals surface area (Å²) in [4.78, 5) is 0. The maximum absolute atomic E-state index is 11.3. The van der Waals surface area contributed by atoms with Gasteiger partial charge in [0, 0.05) is 6.54 Å². The average Bonchev–Trinajstić information content (AvgIpc) is 2.56. The summed E-state index contributed by atoms with van der Waals surface area (Å²) >= 11 is 0. The Morgan fingerprint density at radius 2 is 2.17 bits per heavy atom. The maximum atomic E-state index is 11.3. The second-order valence-electron chi connectivity index (χ2n) is 5.62. The van der Waals surface area contributed by atoms with Crippen molar-refractivity contribution < 1.29 is 8.42 Å². The van der Waals surface area contributed by atoms with Gasteiger partial charge in [0.1, 0.15) is 5.69 Å². The molecule has 1 aliphatic rings. The molecule has 1 aromatic rings. The van der Waals surface area contributed by atoms with Gasteiger partial charge in [0.15, 0.2) is 0 Å². The molecule has 0 unspecified atom stereocenters. The Hall–Kier alpha value is -0.950. The van der Waals surface area contributed by atoms with Crippen molar-refractivity contribution in [2.24, 2.45) is 5.92 Å². The molecule has 0 amide bonds. The number of hydrogen-bond donors (Lipinski definition) is 1. The summed E-state index contributed by atoms with van der Waals surface area (Å²) in [5.74, 6) is 0.700. The quantitative estimate of drug-likeness (QED) is 0.862. The molecule has 0 saturated heterocycles. The smallest absolute Gasteiger partial charge is 0.209 e. The fourth-order valence-corrected chi connectivity index (χ4v) is 3.16. The fourth-order valence-electron chi connectivity index (χ4n) is 2.13. The van der Waals surface area contributed by atoms with Crippen molar-refractivity contribution in [2.45, 2.75) is 45.2 Å². The molecule has 102 valence electrons. The Kier molecular flexibility index (Phi) is 3.46. The van der Waals surface area contributed by atoms with Gasteiger partial charge < -0.3 is 0 Å². The third-order valence-electron chi connectivity index (χ3n) is 3.29. The number of aromatic nitrogens is 3. The largest absolute Gasteiger partial charge is 0.252 e. The normalized spacial score (nSPS) is 17.7. The summed E-state index contributed by atoms with van der Waals surface area (Å²) in [6.45, 7) is 4.44. The molecule has 0 atom stereocenters. The van der Waals surface area contributed by atoms with E-state index in [2.05, 4.69) is 15.0 Å². The van der Waals surface area contributed by atoms with Crippen LogP contribution in [0.15, 0.2) is 6.20 Å². The summed E-state index contributed by atoms with van der Waals surface area (Å²) in [6, 6.07) is 0. The second-order valence-corrected chi connectivity index (χ2v) is 7.37. The van der Waals surface area contributed by atoms with Crippen LogP contribution in [-0.2, 0) is 22.1 Å². The number of sulfonamides is 1. The number of nitrogens with one attached hydrogen (secondary N) is 1. The van der Waals surface area contributed by atoms with Crippen LogP contribution in [0.25, 0.3) is 0 Å². The molecule has 1 heterocycles. The summed E-state index contributed by atoms with van der Waals surface area (Å²) in [6.07, 6.45) is 6.78. The van der Waals surface area contributed by atoms with E-state index in [1.165, 1.54) is 19.3 Å². The Morgan fingerprint density at radius 3 is 2.67 bits per heavy atom. The van der Waals surface area contributed by atoms with Crippen molar-refractivity contribution in [2.75, 3.05) is 6.26 Å². The van der Waals surface area contributed by atoms with Crippen LogP contribution >= 0.6 is 0 Å². The highest BCUT2D eigenvalue weighted by molar-refractivity contribution is 7.88. The Bertz CT molecular complexity index is 517. The number of nitrogens with zero attached hydrogens (tertiary/aromatic N) is 3. The molecule has 0 bridgehead atoms. The Morgan fingerprint density at radius 1 is 1.50 bits per heavy atom. The molecular formula is C11H20N4O2S. The zero-order chi connectivity index (χ0) is 13.4. The van der Waals surface area contributed by atoms with E-state index < -0.39 is 15.6 Å². The van der Waals surface area contributed by atoms with Gasteiger partial charge in [-0.1, -0.05) is 11.6 Å². The molecule has 6 nitrogen and oxygen atoms in total. The second kappa shape index (κ2) is 4.62. The van der Waals surface area contributed by atoms with Crippen LogP contribution < -0.4 is 4.72 Å². The van der Waals surface area contributed by atoms with Gasteiger partial charge >= 0.3 is 0 Å². The van der Waals surface area contributed by atoms with Crippen molar-refractivity contribution in [3.63, 3.8) is 0 Å². The molecule has 1 N–H and O–H groups in total. The minimum Gasteiger partial charge on any atom is -0.252 e. The lowest BCUT2D eigenvalue weighted by Crippen LogP contribution is -2.40. The Balaban J connectivity index is 2.07. The van der Waals surface area contributed by atoms with E-state index in [9.17, 15) is 8.42 Å². The lowest BCUT2D eigenvalue weighted by Gasteiger charge is -2.25. The summed E-state index contributed by atoms with van der Waals surface area (Å²) < 4.78 is 27.0. The molecule has 1 saturated carbocycles. The van der Waals surface area contributed by atoms with Gasteiger partial charge in [-0.25, -0.2) is 13.1 Å². The molecule has 7 heteroatoms. The molecule has 2 rings (SSSR count). The van der Waals surface area contributed by atoms with Crippen LogP contribution in [-0.4, -0.2) is 29.7 Å². The van der Waals surface area contributed by atoms with Gasteiger partial charge in [0.2, 0.25) is 10.0 Å². The van der Waals surface area contributed by atoms with E-state index in [4.69, 9.17) is 0 Å². The standard InChI is InChI=1S/C11H20N4O2S/c1-11(2,13-18(3,16)17)10-8-15(14-12-10)7-9-5-4-6-9/h8-9,13H,4-7H2,1-3H3. The fraction of sp³-hybridized carbons (Fsp3) is 0.818. The van der Waals surface area contributed by atoms with Crippen molar-refractivity contribution in [3.8, 4) is 0 Å². The van der Waals surface area contributed by atoms with E-state index in [-0.39, 0.29) is 0 Å². The monoisotopic (exact) mass is 272 g/mol. The first-order chi connectivity index (χ1) is 8.26. The van der Waals surface area contributed by atoms with E-state index in [0.717, 1.165) is 12.8 Å². The van der Waals surface area contributed by atoms with Crippen LogP contribution in [0.2, 0.25) is 0 Å². The zero-order valence-electron chi connectivity index (χ0n) is 11.0. The predicted octanol–water partition coefficient (Wildman–Crippen LogP) is 0.862. The first-order valence-corrected chi connectivity index (χ1v) is 8.05. The highest BCUT2D eigenvalue weighted by Gasteiger charge is 2.28. The zero-order valence-corrected chi connectivity index (χ0v) is 11.9. The van der Waals surface area contributed by atoms with Gasteiger partial charge in [-0.15, -0.1) is 5.10 Å². The third kappa shape index (κ3) is 3.29. The van der Waals surface area contributed by atoms with Crippen LogP contribution in [0.1, 0.15) is 38.8 Å². The molecule has 1 fully saturated rings. The van der Waals surface area contributed by atoms with Crippen LogP contribution in [0.4, 0.5) is 0 Å². The number of rotatable bonds is 5. The highest BCUT2D eigenvalue weighted by atomic mass is 32.2. The van der Waals surface area contributed by atoms with Crippen molar-refractivity contribution in [1.29, 1.82) is 0 Å². The van der Waals surface area contributed by atoms with E-state index >= 15 is 0 Å². The van der Waals surface area contributed by atoms with Gasteiger partial charge in [0.05, 0.1) is 18.0 Å². The number of hydrogen-bond acceptors (Lipinski definition) is 4. The minimum atomic E-state index is -3.26. The lowest BCUT2D eigenvalue weighted by atomic mass is 9.85. The SMILES string of the molecule is CC(C)(NS(C)(=O)=O)c1cn(CC2CCC2)nn1. The summed E-state index contributed by atoms with van der Waals surface area (Å²) in [7, 11) is -3.26. The predicted molar refractivity (Wildman–Crippen MR) is 68.4 cm³/mol. The third-order valence-corrected chi connectivity index (χ3v) is 4.17. The summed E-state index contributed by atoms with van der Waals surface area (Å²) in [5.41, 5.74) is -0.0851. The maximum Gasteiger partial charge on any atom is 0.209 e. The molecule has 0 aliphatic heterocycles. The van der Waals surface area contributed by atoms with E-state index in [1.807, 2.05) is 10.9 Å². The van der Waals surface area contributed by atoms with Gasteiger partial charge in [0.25, 0.3) is 0 Å². The first kappa shape index (κ1) is 13.5. The summed E-state index contributed by atoms with van der Waals surface area (Å²) in [5, 5.41) is 8.14. The molecule has 0 spiro atoms. The van der Waals surface area contributed by atoms with Gasteiger partial charge in [-0.3, -0.25) is 4.68 Å². The first-order valence-electron chi connectivity index (χ1n) is 6.16. The Labute approximate surface area is 108 Å². The van der Waals surface area contributed by atoms with E-state index in [1.54, 1.807) is 13.8 Å². The van der Waals surface area contributed by atoms with E-state index in [0.29, 0.717) is 11.6 Å². The molecule has 0 radical (unpaired) electrons. The van der Waals surface area contributed by atoms with Crippen LogP contribution in [0.3, 0.4) is 0 Å². The topological polar surface area (TPSA) is 76.9 Å². The van der Waals surface area contributed by atoms with Gasteiger partial charge in [-0.2, -0.15) is 0 Å². The lowest BCUT2D eigenvalue weighted by molar-refractivity contribution is 0.264. The van der Waals surface area contributed by atoms with Crippen molar-refractivity contribution in [1.82, 2.24) is 19.7 Å². The minimum absolute atomic E-state index is 0.646. The molecule has 1 aromatic heterocycles. The van der Waals surface area contributed by atoms with Gasteiger partial charge in [-0.05, 0) is 32.6 Å². The molecular weight excluding hydrogens is 252 g/mol. The van der Waals surface area contributed by atoms with Crippen LogP contribution in [0.5, 0.6) is 0 Å².